The van der Waals surface area contributed by atoms with Crippen LogP contribution < -0.4 is 11.1 Å². The predicted molar refractivity (Wildman–Crippen MR) is 70.5 cm³/mol. The Morgan fingerprint density at radius 3 is 2.88 bits per heavy atom. The van der Waals surface area contributed by atoms with E-state index in [9.17, 15) is 0 Å². The Balaban J connectivity index is 2.45. The van der Waals surface area contributed by atoms with Gasteiger partial charge in [-0.1, -0.05) is 0 Å². The second-order valence-electron chi connectivity index (χ2n) is 3.95. The van der Waals surface area contributed by atoms with Gasteiger partial charge in [-0.2, -0.15) is 5.10 Å². The average Bonchev–Trinajstić information content (AvgIpc) is 2.59. The van der Waals surface area contributed by atoms with E-state index in [0.29, 0.717) is 6.04 Å². The molecule has 0 saturated heterocycles. The minimum atomic E-state index is 0.274. The summed E-state index contributed by atoms with van der Waals surface area (Å²) in [4.78, 5) is 0. The summed E-state index contributed by atoms with van der Waals surface area (Å²) >= 11 is 4.79. The highest BCUT2D eigenvalue weighted by Gasteiger charge is 2.06. The Morgan fingerprint density at radius 2 is 2.25 bits per heavy atom. The first-order valence-corrected chi connectivity index (χ1v) is 5.52. The fraction of sp³-hybridized carbons (Fsp3) is 0.273. The van der Waals surface area contributed by atoms with E-state index in [-0.39, 0.29) is 5.11 Å². The van der Waals surface area contributed by atoms with Crippen LogP contribution in [0.25, 0.3) is 10.9 Å². The van der Waals surface area contributed by atoms with Crippen molar-refractivity contribution in [3.8, 4) is 0 Å². The number of rotatable bonds is 2. The van der Waals surface area contributed by atoms with E-state index in [1.54, 1.807) is 0 Å². The van der Waals surface area contributed by atoms with E-state index < -0.39 is 0 Å². The first-order chi connectivity index (χ1) is 7.58. The zero-order chi connectivity index (χ0) is 11.7. The molecule has 0 atom stereocenters. The third kappa shape index (κ3) is 1.99. The minimum Gasteiger partial charge on any atom is -0.376 e. The van der Waals surface area contributed by atoms with Crippen molar-refractivity contribution in [2.75, 3.05) is 5.32 Å². The number of aromatic nitrogens is 2. The lowest BCUT2D eigenvalue weighted by molar-refractivity contribution is 0.551. The van der Waals surface area contributed by atoms with Crippen molar-refractivity contribution in [3.05, 3.63) is 24.4 Å². The van der Waals surface area contributed by atoms with Gasteiger partial charge in [0.25, 0.3) is 0 Å². The summed E-state index contributed by atoms with van der Waals surface area (Å²) in [7, 11) is 0. The number of nitrogens with two attached hydrogens (primary N) is 1. The number of hydrogen-bond acceptors (Lipinski definition) is 2. The quantitative estimate of drug-likeness (QED) is 0.783. The van der Waals surface area contributed by atoms with Gasteiger partial charge in [0.2, 0.25) is 0 Å². The maximum atomic E-state index is 5.42. The number of nitrogens with one attached hydrogen (secondary N) is 1. The first-order valence-electron chi connectivity index (χ1n) is 5.11. The van der Waals surface area contributed by atoms with Gasteiger partial charge in [-0.15, -0.1) is 0 Å². The molecule has 2 rings (SSSR count). The van der Waals surface area contributed by atoms with Crippen LogP contribution in [0.3, 0.4) is 0 Å². The minimum absolute atomic E-state index is 0.274. The summed E-state index contributed by atoms with van der Waals surface area (Å²) in [6.45, 7) is 4.21. The Bertz CT molecular complexity index is 530. The van der Waals surface area contributed by atoms with Gasteiger partial charge < -0.3 is 11.1 Å². The molecule has 4 nitrogen and oxygen atoms in total. The van der Waals surface area contributed by atoms with E-state index in [1.807, 2.05) is 29.1 Å². The fourth-order valence-electron chi connectivity index (χ4n) is 1.68. The number of fused-ring (bicyclic) bond motifs is 1. The van der Waals surface area contributed by atoms with Gasteiger partial charge in [0.1, 0.15) is 0 Å². The van der Waals surface area contributed by atoms with Gasteiger partial charge in [-0.25, -0.2) is 0 Å². The van der Waals surface area contributed by atoms with Gasteiger partial charge in [-0.05, 0) is 44.3 Å². The number of nitrogens with zero attached hydrogens (tertiary/aromatic N) is 2. The van der Waals surface area contributed by atoms with Crippen LogP contribution in [0, 0.1) is 0 Å². The normalized spacial score (nSPS) is 10.9. The number of thiocarbonyl (C=S) groups is 1. The van der Waals surface area contributed by atoms with Crippen molar-refractivity contribution in [1.29, 1.82) is 0 Å². The molecule has 2 aromatic rings. The number of benzene rings is 1. The van der Waals surface area contributed by atoms with Gasteiger partial charge in [-0.3, -0.25) is 4.68 Å². The Morgan fingerprint density at radius 1 is 1.50 bits per heavy atom. The molecule has 0 aliphatic rings. The Labute approximate surface area is 99.4 Å². The van der Waals surface area contributed by atoms with Crippen LogP contribution in [0.5, 0.6) is 0 Å². The van der Waals surface area contributed by atoms with Gasteiger partial charge in [0.15, 0.2) is 5.11 Å². The molecule has 3 N–H and O–H groups in total. The zero-order valence-corrected chi connectivity index (χ0v) is 10.1. The lowest BCUT2D eigenvalue weighted by atomic mass is 10.2. The summed E-state index contributed by atoms with van der Waals surface area (Å²) in [5.74, 6) is 0. The molecule has 84 valence electrons. The molecule has 0 spiro atoms. The summed E-state index contributed by atoms with van der Waals surface area (Å²) in [6.07, 6.45) is 1.85. The van der Waals surface area contributed by atoms with Gasteiger partial charge in [0.05, 0.1) is 11.7 Å². The molecule has 5 heteroatoms. The molecular formula is C11H14N4S. The molecule has 0 saturated carbocycles. The highest BCUT2D eigenvalue weighted by Crippen LogP contribution is 2.21. The molecule has 0 radical (unpaired) electrons. The maximum absolute atomic E-state index is 5.42. The van der Waals surface area contributed by atoms with Crippen LogP contribution in [0.1, 0.15) is 19.9 Å². The van der Waals surface area contributed by atoms with Crippen molar-refractivity contribution < 1.29 is 0 Å². The van der Waals surface area contributed by atoms with E-state index >= 15 is 0 Å². The predicted octanol–water partition coefficient (Wildman–Crippen LogP) is 2.27. The summed E-state index contributed by atoms with van der Waals surface area (Å²) < 4.78 is 1.99. The Hall–Kier alpha value is -1.62. The molecular weight excluding hydrogens is 220 g/mol. The SMILES string of the molecule is CC(C)n1ncc2cc(NC(N)=S)ccc21. The fourth-order valence-corrected chi connectivity index (χ4v) is 1.80. The Kier molecular flexibility index (Phi) is 2.78. The molecule has 0 amide bonds. The monoisotopic (exact) mass is 234 g/mol. The average molecular weight is 234 g/mol. The molecule has 0 unspecified atom stereocenters. The third-order valence-corrected chi connectivity index (χ3v) is 2.45. The van der Waals surface area contributed by atoms with Crippen molar-refractivity contribution in [1.82, 2.24) is 9.78 Å². The van der Waals surface area contributed by atoms with E-state index in [1.165, 1.54) is 0 Å². The largest absolute Gasteiger partial charge is 0.376 e. The van der Waals surface area contributed by atoms with Crippen LogP contribution >= 0.6 is 12.2 Å². The second kappa shape index (κ2) is 4.09. The van der Waals surface area contributed by atoms with Crippen LogP contribution in [-0.4, -0.2) is 14.9 Å². The standard InChI is InChI=1S/C11H14N4S/c1-7(2)15-10-4-3-9(14-11(12)16)5-8(10)6-13-15/h3-7H,1-2H3,(H3,12,14,16). The van der Waals surface area contributed by atoms with Crippen LogP contribution in [0.2, 0.25) is 0 Å². The third-order valence-electron chi connectivity index (χ3n) is 2.35. The van der Waals surface area contributed by atoms with Crippen molar-refractivity contribution in [2.45, 2.75) is 19.9 Å². The zero-order valence-electron chi connectivity index (χ0n) is 9.27. The molecule has 0 fully saturated rings. The molecule has 1 aromatic carbocycles. The molecule has 0 aliphatic heterocycles. The molecule has 1 aromatic heterocycles. The molecule has 16 heavy (non-hydrogen) atoms. The van der Waals surface area contributed by atoms with Crippen LogP contribution in [0.4, 0.5) is 5.69 Å². The van der Waals surface area contributed by atoms with E-state index in [0.717, 1.165) is 16.6 Å². The lowest BCUT2D eigenvalue weighted by Gasteiger charge is -2.08. The summed E-state index contributed by atoms with van der Waals surface area (Å²) in [6, 6.07) is 6.30. The highest BCUT2D eigenvalue weighted by molar-refractivity contribution is 7.80. The first kappa shape index (κ1) is 10.9. The van der Waals surface area contributed by atoms with Gasteiger partial charge >= 0.3 is 0 Å². The number of anilines is 1. The van der Waals surface area contributed by atoms with E-state index in [4.69, 9.17) is 18.0 Å². The maximum Gasteiger partial charge on any atom is 0.168 e. The summed E-state index contributed by atoms with van der Waals surface area (Å²) in [5, 5.41) is 8.60. The van der Waals surface area contributed by atoms with E-state index in [2.05, 4.69) is 24.3 Å². The van der Waals surface area contributed by atoms with Crippen molar-refractivity contribution in [2.24, 2.45) is 5.73 Å². The smallest absolute Gasteiger partial charge is 0.168 e. The summed E-state index contributed by atoms with van der Waals surface area (Å²) in [5.41, 5.74) is 7.43. The molecule has 0 aliphatic carbocycles. The number of hydrogen-bond donors (Lipinski definition) is 2. The second-order valence-corrected chi connectivity index (χ2v) is 4.39. The molecule has 0 bridgehead atoms. The highest BCUT2D eigenvalue weighted by atomic mass is 32.1. The lowest BCUT2D eigenvalue weighted by Crippen LogP contribution is -2.18. The van der Waals surface area contributed by atoms with Gasteiger partial charge in [0, 0.05) is 17.1 Å². The van der Waals surface area contributed by atoms with Crippen LogP contribution in [0.15, 0.2) is 24.4 Å². The van der Waals surface area contributed by atoms with Crippen molar-refractivity contribution in [3.63, 3.8) is 0 Å². The van der Waals surface area contributed by atoms with Crippen molar-refractivity contribution >= 4 is 33.9 Å². The van der Waals surface area contributed by atoms with Crippen LogP contribution in [-0.2, 0) is 0 Å². The topological polar surface area (TPSA) is 55.9 Å². The molecule has 1 heterocycles.